The molecule has 1 heterocycles. The van der Waals surface area contributed by atoms with Gasteiger partial charge in [-0.25, -0.2) is 0 Å². The Morgan fingerprint density at radius 1 is 0.808 bits per heavy atom. The Hall–Kier alpha value is -1.97. The molecule has 0 amide bonds. The van der Waals surface area contributed by atoms with Crippen molar-refractivity contribution in [2.45, 2.75) is 38.8 Å². The van der Waals surface area contributed by atoms with Crippen LogP contribution in [-0.4, -0.2) is 48.3 Å². The van der Waals surface area contributed by atoms with Crippen LogP contribution in [0.5, 0.6) is 0 Å². The van der Waals surface area contributed by atoms with Gasteiger partial charge in [0.05, 0.1) is 6.04 Å². The Morgan fingerprint density at radius 3 is 1.88 bits per heavy atom. The lowest BCUT2D eigenvalue weighted by Crippen LogP contribution is -2.51. The van der Waals surface area contributed by atoms with E-state index in [1.807, 2.05) is 6.07 Å². The second-order valence-corrected chi connectivity index (χ2v) is 7.11. The van der Waals surface area contributed by atoms with Crippen LogP contribution in [0.2, 0.25) is 0 Å². The Balaban J connectivity index is 1.67. The number of piperazine rings is 1. The van der Waals surface area contributed by atoms with Crippen LogP contribution >= 0.6 is 0 Å². The summed E-state index contributed by atoms with van der Waals surface area (Å²) >= 11 is 0. The molecular formula is C23H30N2O. The molecular weight excluding hydrogens is 320 g/mol. The molecule has 3 heteroatoms. The monoisotopic (exact) mass is 350 g/mol. The minimum absolute atomic E-state index is 0.135. The first kappa shape index (κ1) is 18.8. The van der Waals surface area contributed by atoms with E-state index in [1.165, 1.54) is 24.0 Å². The van der Waals surface area contributed by atoms with Crippen LogP contribution in [0.3, 0.4) is 0 Å². The summed E-state index contributed by atoms with van der Waals surface area (Å²) in [5.41, 5.74) is 3.49. The van der Waals surface area contributed by atoms with Gasteiger partial charge in [-0.1, -0.05) is 68.4 Å². The van der Waals surface area contributed by atoms with E-state index in [0.29, 0.717) is 6.04 Å². The molecule has 1 atom stereocenters. The van der Waals surface area contributed by atoms with Crippen molar-refractivity contribution in [2.24, 2.45) is 0 Å². The van der Waals surface area contributed by atoms with Crippen molar-refractivity contribution in [3.8, 4) is 11.1 Å². The maximum absolute atomic E-state index is 11.8. The summed E-state index contributed by atoms with van der Waals surface area (Å²) in [6.45, 7) is 8.56. The van der Waals surface area contributed by atoms with E-state index in [0.717, 1.165) is 38.0 Å². The van der Waals surface area contributed by atoms with Gasteiger partial charge in [0.25, 0.3) is 0 Å². The third kappa shape index (κ3) is 4.22. The van der Waals surface area contributed by atoms with Crippen molar-refractivity contribution in [2.75, 3.05) is 26.2 Å². The highest BCUT2D eigenvalue weighted by atomic mass is 16.1. The topological polar surface area (TPSA) is 23.6 Å². The van der Waals surface area contributed by atoms with Gasteiger partial charge in [-0.3, -0.25) is 9.80 Å². The van der Waals surface area contributed by atoms with E-state index in [1.54, 1.807) is 0 Å². The van der Waals surface area contributed by atoms with Crippen LogP contribution in [0.25, 0.3) is 11.1 Å². The normalized spacial score (nSPS) is 17.3. The number of hydrogen-bond acceptors (Lipinski definition) is 3. The molecule has 1 unspecified atom stereocenters. The number of aldehydes is 1. The van der Waals surface area contributed by atoms with Gasteiger partial charge in [-0.05, 0) is 29.5 Å². The predicted octanol–water partition coefficient (Wildman–Crippen LogP) is 4.40. The SMILES string of the molecule is CCC(CC)N1CCN(C(C=O)c2ccc(-c3ccccc3)cc2)CC1. The minimum Gasteiger partial charge on any atom is -0.301 e. The molecule has 3 nitrogen and oxygen atoms in total. The number of rotatable bonds is 7. The van der Waals surface area contributed by atoms with Gasteiger partial charge in [0.2, 0.25) is 0 Å². The van der Waals surface area contributed by atoms with Gasteiger partial charge in [-0.15, -0.1) is 0 Å². The third-order valence-corrected chi connectivity index (χ3v) is 5.69. The van der Waals surface area contributed by atoms with Gasteiger partial charge < -0.3 is 4.79 Å². The molecule has 3 rings (SSSR count). The molecule has 0 saturated carbocycles. The molecule has 1 aliphatic rings. The van der Waals surface area contributed by atoms with Crippen molar-refractivity contribution in [3.05, 3.63) is 60.2 Å². The minimum atomic E-state index is -0.135. The number of hydrogen-bond donors (Lipinski definition) is 0. The van der Waals surface area contributed by atoms with Crippen molar-refractivity contribution < 1.29 is 4.79 Å². The van der Waals surface area contributed by atoms with Gasteiger partial charge in [0.1, 0.15) is 6.29 Å². The highest BCUT2D eigenvalue weighted by Crippen LogP contribution is 2.25. The number of carbonyl (C=O) groups is 1. The first-order valence-corrected chi connectivity index (χ1v) is 9.85. The van der Waals surface area contributed by atoms with E-state index in [4.69, 9.17) is 0 Å². The molecule has 138 valence electrons. The number of benzene rings is 2. The third-order valence-electron chi connectivity index (χ3n) is 5.69. The standard InChI is InChI=1S/C23H30N2O/c1-3-22(4-2)24-14-16-25(17-15-24)23(18-26)21-12-10-20(11-13-21)19-8-6-5-7-9-19/h5-13,18,22-23H,3-4,14-17H2,1-2H3. The fourth-order valence-electron chi connectivity index (χ4n) is 4.06. The maximum atomic E-state index is 11.8. The quantitative estimate of drug-likeness (QED) is 0.692. The van der Waals surface area contributed by atoms with Crippen LogP contribution in [0.4, 0.5) is 0 Å². The zero-order valence-electron chi connectivity index (χ0n) is 16.0. The van der Waals surface area contributed by atoms with Crippen molar-refractivity contribution in [1.29, 1.82) is 0 Å². The van der Waals surface area contributed by atoms with Gasteiger partial charge in [0, 0.05) is 32.2 Å². The van der Waals surface area contributed by atoms with E-state index in [-0.39, 0.29) is 6.04 Å². The first-order chi connectivity index (χ1) is 12.8. The molecule has 0 aliphatic carbocycles. The molecule has 0 spiro atoms. The summed E-state index contributed by atoms with van der Waals surface area (Å²) in [7, 11) is 0. The molecule has 0 aromatic heterocycles. The molecule has 2 aromatic carbocycles. The second kappa shape index (κ2) is 9.11. The van der Waals surface area contributed by atoms with Gasteiger partial charge >= 0.3 is 0 Å². The van der Waals surface area contributed by atoms with Crippen LogP contribution < -0.4 is 0 Å². The lowest BCUT2D eigenvalue weighted by molar-refractivity contribution is -0.113. The molecule has 0 N–H and O–H groups in total. The first-order valence-electron chi connectivity index (χ1n) is 9.85. The van der Waals surface area contributed by atoms with Gasteiger partial charge in [0.15, 0.2) is 0 Å². The Labute approximate surface area is 157 Å². The summed E-state index contributed by atoms with van der Waals surface area (Å²) in [6, 6.07) is 19.4. The predicted molar refractivity (Wildman–Crippen MR) is 108 cm³/mol. The molecule has 1 saturated heterocycles. The summed E-state index contributed by atoms with van der Waals surface area (Å²) in [4.78, 5) is 16.7. The molecule has 2 aromatic rings. The molecule has 1 fully saturated rings. The van der Waals surface area contributed by atoms with E-state index >= 15 is 0 Å². The average molecular weight is 351 g/mol. The number of carbonyl (C=O) groups excluding carboxylic acids is 1. The smallest absolute Gasteiger partial charge is 0.141 e. The molecule has 0 bridgehead atoms. The fourth-order valence-corrected chi connectivity index (χ4v) is 4.06. The van der Waals surface area contributed by atoms with Crippen molar-refractivity contribution in [3.63, 3.8) is 0 Å². The lowest BCUT2D eigenvalue weighted by atomic mass is 10.00. The summed E-state index contributed by atoms with van der Waals surface area (Å²) in [5.74, 6) is 0. The van der Waals surface area contributed by atoms with E-state index in [9.17, 15) is 4.79 Å². The summed E-state index contributed by atoms with van der Waals surface area (Å²) < 4.78 is 0. The van der Waals surface area contributed by atoms with Crippen LogP contribution in [0.15, 0.2) is 54.6 Å². The van der Waals surface area contributed by atoms with Gasteiger partial charge in [-0.2, -0.15) is 0 Å². The van der Waals surface area contributed by atoms with E-state index < -0.39 is 0 Å². The maximum Gasteiger partial charge on any atom is 0.141 e. The Bertz CT molecular complexity index is 671. The second-order valence-electron chi connectivity index (χ2n) is 7.11. The largest absolute Gasteiger partial charge is 0.301 e. The fraction of sp³-hybridized carbons (Fsp3) is 0.435. The summed E-state index contributed by atoms with van der Waals surface area (Å²) in [6.07, 6.45) is 3.51. The van der Waals surface area contributed by atoms with Crippen molar-refractivity contribution >= 4 is 6.29 Å². The van der Waals surface area contributed by atoms with E-state index in [2.05, 4.69) is 72.2 Å². The zero-order chi connectivity index (χ0) is 18.4. The highest BCUT2D eigenvalue weighted by molar-refractivity contribution is 5.66. The molecule has 26 heavy (non-hydrogen) atoms. The Kier molecular flexibility index (Phi) is 6.59. The average Bonchev–Trinajstić information content (AvgIpc) is 2.72. The number of nitrogens with zero attached hydrogens (tertiary/aromatic N) is 2. The highest BCUT2D eigenvalue weighted by Gasteiger charge is 2.27. The van der Waals surface area contributed by atoms with Crippen LogP contribution in [0, 0.1) is 0 Å². The zero-order valence-corrected chi connectivity index (χ0v) is 16.0. The van der Waals surface area contributed by atoms with Crippen LogP contribution in [-0.2, 0) is 4.79 Å². The van der Waals surface area contributed by atoms with Crippen molar-refractivity contribution in [1.82, 2.24) is 9.80 Å². The van der Waals surface area contributed by atoms with Crippen LogP contribution in [0.1, 0.15) is 38.3 Å². The lowest BCUT2D eigenvalue weighted by Gasteiger charge is -2.40. The Morgan fingerprint density at radius 2 is 1.35 bits per heavy atom. The molecule has 0 radical (unpaired) electrons. The summed E-state index contributed by atoms with van der Waals surface area (Å²) in [5, 5.41) is 0. The molecule has 1 aliphatic heterocycles.